The van der Waals surface area contributed by atoms with Crippen molar-refractivity contribution < 1.29 is 19.1 Å². The number of nitrogens with zero attached hydrogens (tertiary/aromatic N) is 2. The SMILES string of the molecule is CCOC(=O)c1ccccc1NC(=O)c1cncc(C(=O)NCCCN(C)C)c1. The van der Waals surface area contributed by atoms with Gasteiger partial charge in [0.25, 0.3) is 11.8 Å². The van der Waals surface area contributed by atoms with Crippen molar-refractivity contribution in [3.05, 3.63) is 59.4 Å². The average Bonchev–Trinajstić information content (AvgIpc) is 2.71. The van der Waals surface area contributed by atoms with E-state index in [-0.39, 0.29) is 23.6 Å². The number of para-hydroxylation sites is 1. The molecule has 8 nitrogen and oxygen atoms in total. The first-order valence-corrected chi connectivity index (χ1v) is 9.37. The lowest BCUT2D eigenvalue weighted by Gasteiger charge is -2.11. The van der Waals surface area contributed by atoms with E-state index in [4.69, 9.17) is 4.74 Å². The van der Waals surface area contributed by atoms with E-state index >= 15 is 0 Å². The number of aromatic nitrogens is 1. The van der Waals surface area contributed by atoms with E-state index in [1.165, 1.54) is 18.5 Å². The fourth-order valence-electron chi connectivity index (χ4n) is 2.56. The summed E-state index contributed by atoms with van der Waals surface area (Å²) in [7, 11) is 3.93. The van der Waals surface area contributed by atoms with Crippen molar-refractivity contribution in [1.29, 1.82) is 0 Å². The van der Waals surface area contributed by atoms with E-state index in [2.05, 4.69) is 15.6 Å². The number of nitrogens with one attached hydrogen (secondary N) is 2. The third-order valence-corrected chi connectivity index (χ3v) is 4.00. The Kier molecular flexibility index (Phi) is 8.29. The van der Waals surface area contributed by atoms with Crippen molar-refractivity contribution in [3.63, 3.8) is 0 Å². The Balaban J connectivity index is 2.06. The topological polar surface area (TPSA) is 101 Å². The third-order valence-electron chi connectivity index (χ3n) is 4.00. The highest BCUT2D eigenvalue weighted by molar-refractivity contribution is 6.08. The fourth-order valence-corrected chi connectivity index (χ4v) is 2.56. The first kappa shape index (κ1) is 22.0. The molecule has 2 rings (SSSR count). The summed E-state index contributed by atoms with van der Waals surface area (Å²) in [6.45, 7) is 3.33. The lowest BCUT2D eigenvalue weighted by atomic mass is 10.1. The van der Waals surface area contributed by atoms with Gasteiger partial charge in [-0.25, -0.2) is 4.79 Å². The van der Waals surface area contributed by atoms with Crippen LogP contribution in [0.3, 0.4) is 0 Å². The summed E-state index contributed by atoms with van der Waals surface area (Å²) in [6.07, 6.45) is 3.59. The standard InChI is InChI=1S/C21H26N4O4/c1-4-29-21(28)17-8-5-6-9-18(17)24-20(27)16-12-15(13-22-14-16)19(26)23-10-7-11-25(2)3/h5-6,8-9,12-14H,4,7,10-11H2,1-3H3,(H,23,26)(H,24,27). The first-order chi connectivity index (χ1) is 13.9. The summed E-state index contributed by atoms with van der Waals surface area (Å²) >= 11 is 0. The third kappa shape index (κ3) is 6.69. The number of carbonyl (C=O) groups is 3. The van der Waals surface area contributed by atoms with Crippen molar-refractivity contribution >= 4 is 23.5 Å². The maximum absolute atomic E-state index is 12.6. The number of ether oxygens (including phenoxy) is 1. The molecule has 29 heavy (non-hydrogen) atoms. The van der Waals surface area contributed by atoms with Crippen LogP contribution in [-0.4, -0.2) is 61.5 Å². The molecule has 0 aliphatic rings. The maximum Gasteiger partial charge on any atom is 0.340 e. The van der Waals surface area contributed by atoms with Gasteiger partial charge in [-0.2, -0.15) is 0 Å². The van der Waals surface area contributed by atoms with Crippen molar-refractivity contribution in [3.8, 4) is 0 Å². The Bertz CT molecular complexity index is 867. The van der Waals surface area contributed by atoms with Crippen molar-refractivity contribution in [1.82, 2.24) is 15.2 Å². The number of hydrogen-bond donors (Lipinski definition) is 2. The number of esters is 1. The van der Waals surface area contributed by atoms with Crippen molar-refractivity contribution in [2.45, 2.75) is 13.3 Å². The highest BCUT2D eigenvalue weighted by Gasteiger charge is 2.16. The van der Waals surface area contributed by atoms with Crippen LogP contribution in [0.2, 0.25) is 0 Å². The first-order valence-electron chi connectivity index (χ1n) is 9.37. The Morgan fingerprint density at radius 2 is 1.76 bits per heavy atom. The van der Waals surface area contributed by atoms with Crippen LogP contribution in [0, 0.1) is 0 Å². The highest BCUT2D eigenvalue weighted by Crippen LogP contribution is 2.17. The summed E-state index contributed by atoms with van der Waals surface area (Å²) in [5.41, 5.74) is 1.09. The molecule has 1 aromatic heterocycles. The van der Waals surface area contributed by atoms with Gasteiger partial charge in [0.2, 0.25) is 0 Å². The van der Waals surface area contributed by atoms with Gasteiger partial charge >= 0.3 is 5.97 Å². The van der Waals surface area contributed by atoms with Crippen LogP contribution in [0.4, 0.5) is 5.69 Å². The summed E-state index contributed by atoms with van der Waals surface area (Å²) in [5, 5.41) is 5.49. The molecule has 0 unspecified atom stereocenters. The molecule has 0 fully saturated rings. The van der Waals surface area contributed by atoms with Crippen LogP contribution < -0.4 is 10.6 Å². The minimum atomic E-state index is -0.521. The zero-order valence-electron chi connectivity index (χ0n) is 16.9. The van der Waals surface area contributed by atoms with Gasteiger partial charge in [0, 0.05) is 18.9 Å². The van der Waals surface area contributed by atoms with Gasteiger partial charge < -0.3 is 20.3 Å². The quantitative estimate of drug-likeness (QED) is 0.496. The molecule has 0 spiro atoms. The van der Waals surface area contributed by atoms with E-state index in [9.17, 15) is 14.4 Å². The minimum absolute atomic E-state index is 0.213. The summed E-state index contributed by atoms with van der Waals surface area (Å²) in [4.78, 5) is 43.0. The molecule has 2 N–H and O–H groups in total. The van der Waals surface area contributed by atoms with Gasteiger partial charge in [-0.1, -0.05) is 12.1 Å². The number of benzene rings is 1. The van der Waals surface area contributed by atoms with E-state index in [0.29, 0.717) is 17.8 Å². The van der Waals surface area contributed by atoms with Gasteiger partial charge in [-0.05, 0) is 52.2 Å². The molecular formula is C21H26N4O4. The molecule has 0 saturated heterocycles. The Morgan fingerprint density at radius 3 is 2.45 bits per heavy atom. The van der Waals surface area contributed by atoms with E-state index in [1.54, 1.807) is 31.2 Å². The number of hydrogen-bond acceptors (Lipinski definition) is 6. The molecule has 0 aliphatic carbocycles. The Morgan fingerprint density at radius 1 is 1.07 bits per heavy atom. The zero-order valence-corrected chi connectivity index (χ0v) is 16.9. The Labute approximate surface area is 170 Å². The lowest BCUT2D eigenvalue weighted by molar-refractivity contribution is 0.0527. The zero-order chi connectivity index (χ0) is 21.2. The molecule has 1 heterocycles. The molecule has 154 valence electrons. The second kappa shape index (κ2) is 10.9. The second-order valence-electron chi connectivity index (χ2n) is 6.60. The van der Waals surface area contributed by atoms with Crippen LogP contribution in [0.25, 0.3) is 0 Å². The molecule has 0 bridgehead atoms. The van der Waals surface area contributed by atoms with E-state index in [1.807, 2.05) is 19.0 Å². The number of carbonyl (C=O) groups excluding carboxylic acids is 3. The molecule has 2 aromatic rings. The smallest absolute Gasteiger partial charge is 0.340 e. The molecule has 0 radical (unpaired) electrons. The Hall–Kier alpha value is -3.26. The molecule has 8 heteroatoms. The van der Waals surface area contributed by atoms with Crippen LogP contribution in [0.1, 0.15) is 44.4 Å². The summed E-state index contributed by atoms with van der Waals surface area (Å²) in [5.74, 6) is -1.29. The second-order valence-corrected chi connectivity index (χ2v) is 6.60. The van der Waals surface area contributed by atoms with Crippen LogP contribution in [0.15, 0.2) is 42.7 Å². The number of rotatable bonds is 9. The van der Waals surface area contributed by atoms with Crippen LogP contribution in [0.5, 0.6) is 0 Å². The van der Waals surface area contributed by atoms with Crippen LogP contribution >= 0.6 is 0 Å². The summed E-state index contributed by atoms with van der Waals surface area (Å²) in [6, 6.07) is 8.04. The number of pyridine rings is 1. The molecule has 2 amide bonds. The predicted octanol–water partition coefficient (Wildman–Crippen LogP) is 2.19. The van der Waals surface area contributed by atoms with E-state index in [0.717, 1.165) is 13.0 Å². The van der Waals surface area contributed by atoms with Gasteiger partial charge in [0.1, 0.15) is 0 Å². The predicted molar refractivity (Wildman–Crippen MR) is 110 cm³/mol. The summed E-state index contributed by atoms with van der Waals surface area (Å²) < 4.78 is 5.01. The van der Waals surface area contributed by atoms with Crippen LogP contribution in [-0.2, 0) is 4.74 Å². The number of amides is 2. The largest absolute Gasteiger partial charge is 0.462 e. The lowest BCUT2D eigenvalue weighted by Crippen LogP contribution is -2.27. The van der Waals surface area contributed by atoms with Crippen molar-refractivity contribution in [2.24, 2.45) is 0 Å². The maximum atomic E-state index is 12.6. The fraction of sp³-hybridized carbons (Fsp3) is 0.333. The highest BCUT2D eigenvalue weighted by atomic mass is 16.5. The van der Waals surface area contributed by atoms with Gasteiger partial charge in [0.05, 0.1) is 29.0 Å². The van der Waals surface area contributed by atoms with Gasteiger partial charge in [-0.3, -0.25) is 14.6 Å². The molecule has 0 saturated carbocycles. The molecular weight excluding hydrogens is 372 g/mol. The monoisotopic (exact) mass is 398 g/mol. The normalized spacial score (nSPS) is 10.5. The molecule has 1 aromatic carbocycles. The molecule has 0 aliphatic heterocycles. The average molecular weight is 398 g/mol. The van der Waals surface area contributed by atoms with E-state index < -0.39 is 11.9 Å². The van der Waals surface area contributed by atoms with Gasteiger partial charge in [0.15, 0.2) is 0 Å². The number of anilines is 1. The molecule has 0 atom stereocenters. The van der Waals surface area contributed by atoms with Crippen molar-refractivity contribution in [2.75, 3.05) is 39.1 Å². The minimum Gasteiger partial charge on any atom is -0.462 e. The van der Waals surface area contributed by atoms with Gasteiger partial charge in [-0.15, -0.1) is 0 Å².